The fraction of sp³-hybridized carbons (Fsp3) is 0.200. The number of aromatic amines is 1. The lowest BCUT2D eigenvalue weighted by Gasteiger charge is -2.32. The summed E-state index contributed by atoms with van der Waals surface area (Å²) < 4.78 is 47.2. The standard InChI is InChI=1S/C20H14F3N9O2/c21-11-2-1-4-31-14(11)6-13(29-31)16-15-12(24-9-25-15)3-5-30(16)19(33)18-28-27-17(34-18)10-7-26-32(8-10)20(22)23/h1-2,4,6-9,16,20H,3,5H2,(H,24,25)/t16-/m0/s1. The van der Waals surface area contributed by atoms with Gasteiger partial charge in [-0.1, -0.05) is 0 Å². The van der Waals surface area contributed by atoms with Crippen molar-refractivity contribution in [3.63, 3.8) is 0 Å². The second-order valence-electron chi connectivity index (χ2n) is 7.57. The van der Waals surface area contributed by atoms with Crippen molar-refractivity contribution in [2.75, 3.05) is 6.54 Å². The Balaban J connectivity index is 1.37. The fourth-order valence-electron chi connectivity index (χ4n) is 4.03. The highest BCUT2D eigenvalue weighted by Crippen LogP contribution is 2.34. The van der Waals surface area contributed by atoms with Crippen LogP contribution >= 0.6 is 0 Å². The molecule has 1 N–H and O–H groups in total. The van der Waals surface area contributed by atoms with E-state index in [1.54, 1.807) is 12.3 Å². The maximum Gasteiger partial charge on any atom is 0.333 e. The number of aromatic nitrogens is 8. The topological polar surface area (TPSA) is 123 Å². The molecule has 0 saturated heterocycles. The molecule has 0 spiro atoms. The molecule has 1 atom stereocenters. The third kappa shape index (κ3) is 3.14. The number of carbonyl (C=O) groups excluding carboxylic acids is 1. The van der Waals surface area contributed by atoms with Crippen LogP contribution in [0.15, 0.2) is 47.5 Å². The molecule has 1 aliphatic heterocycles. The van der Waals surface area contributed by atoms with Gasteiger partial charge in [-0.3, -0.25) is 4.79 Å². The first-order valence-corrected chi connectivity index (χ1v) is 10.1. The SMILES string of the molecule is O=C(c1nnc(-c2cnn(C(F)F)c2)o1)N1CCc2[nH]cnc2[C@@H]1c1cc2c(F)cccn2n1. The van der Waals surface area contributed by atoms with Gasteiger partial charge in [0.2, 0.25) is 0 Å². The number of nitrogens with zero attached hydrogens (tertiary/aromatic N) is 8. The van der Waals surface area contributed by atoms with Gasteiger partial charge in [-0.15, -0.1) is 10.2 Å². The van der Waals surface area contributed by atoms with Crippen LogP contribution in [0, 0.1) is 5.82 Å². The predicted octanol–water partition coefficient (Wildman–Crippen LogP) is 2.63. The average Bonchev–Trinajstić information content (AvgIpc) is 3.62. The highest BCUT2D eigenvalue weighted by atomic mass is 19.3. The van der Waals surface area contributed by atoms with E-state index >= 15 is 0 Å². The summed E-state index contributed by atoms with van der Waals surface area (Å²) in [6, 6.07) is 3.67. The third-order valence-corrected chi connectivity index (χ3v) is 5.59. The second-order valence-corrected chi connectivity index (χ2v) is 7.57. The van der Waals surface area contributed by atoms with Crippen LogP contribution in [0.2, 0.25) is 0 Å². The number of fused-ring (bicyclic) bond motifs is 2. The molecule has 0 radical (unpaired) electrons. The van der Waals surface area contributed by atoms with Gasteiger partial charge in [0.15, 0.2) is 0 Å². The maximum atomic E-state index is 14.3. The van der Waals surface area contributed by atoms with Crippen LogP contribution in [0.3, 0.4) is 0 Å². The zero-order valence-corrected chi connectivity index (χ0v) is 17.1. The van der Waals surface area contributed by atoms with Gasteiger partial charge in [0, 0.05) is 31.1 Å². The number of rotatable bonds is 4. The van der Waals surface area contributed by atoms with Crippen molar-refractivity contribution in [2.24, 2.45) is 0 Å². The highest BCUT2D eigenvalue weighted by molar-refractivity contribution is 5.90. The van der Waals surface area contributed by atoms with Crippen LogP contribution in [-0.4, -0.2) is 56.9 Å². The van der Waals surface area contributed by atoms with Gasteiger partial charge in [-0.2, -0.15) is 19.0 Å². The van der Waals surface area contributed by atoms with Crippen molar-refractivity contribution >= 4 is 11.4 Å². The van der Waals surface area contributed by atoms with Gasteiger partial charge in [-0.05, 0) is 18.2 Å². The van der Waals surface area contributed by atoms with E-state index in [2.05, 4.69) is 30.4 Å². The number of H-pyrrole nitrogens is 1. The Hall–Kier alpha value is -4.49. The molecular formula is C20H14F3N9O2. The van der Waals surface area contributed by atoms with E-state index in [-0.39, 0.29) is 29.4 Å². The molecule has 14 heteroatoms. The van der Waals surface area contributed by atoms with Crippen LogP contribution in [-0.2, 0) is 6.42 Å². The van der Waals surface area contributed by atoms with Gasteiger partial charge >= 0.3 is 18.3 Å². The first kappa shape index (κ1) is 20.1. The second kappa shape index (κ2) is 7.54. The summed E-state index contributed by atoms with van der Waals surface area (Å²) >= 11 is 0. The number of imidazole rings is 1. The Morgan fingerprint density at radius 1 is 1.29 bits per heavy atom. The number of amides is 1. The number of nitrogens with one attached hydrogen (secondary N) is 1. The van der Waals surface area contributed by atoms with Gasteiger partial charge in [0.1, 0.15) is 17.4 Å². The minimum absolute atomic E-state index is 0.126. The average molecular weight is 469 g/mol. The lowest BCUT2D eigenvalue weighted by atomic mass is 9.99. The van der Waals surface area contributed by atoms with Gasteiger partial charge in [0.25, 0.3) is 5.89 Å². The van der Waals surface area contributed by atoms with Crippen molar-refractivity contribution in [3.05, 3.63) is 71.9 Å². The lowest BCUT2D eigenvalue weighted by molar-refractivity contribution is 0.0566. The van der Waals surface area contributed by atoms with E-state index < -0.39 is 24.3 Å². The van der Waals surface area contributed by atoms with Crippen molar-refractivity contribution in [2.45, 2.75) is 19.0 Å². The number of halogens is 3. The van der Waals surface area contributed by atoms with Crippen LogP contribution in [0.5, 0.6) is 0 Å². The van der Waals surface area contributed by atoms with Crippen LogP contribution in [0.25, 0.3) is 17.0 Å². The van der Waals surface area contributed by atoms with Crippen molar-refractivity contribution < 1.29 is 22.4 Å². The molecule has 0 aromatic carbocycles. The van der Waals surface area contributed by atoms with Gasteiger partial charge < -0.3 is 14.3 Å². The number of carbonyl (C=O) groups is 1. The fourth-order valence-corrected chi connectivity index (χ4v) is 4.03. The molecule has 11 nitrogen and oxygen atoms in total. The first-order valence-electron chi connectivity index (χ1n) is 10.1. The van der Waals surface area contributed by atoms with Crippen LogP contribution < -0.4 is 0 Å². The number of alkyl halides is 2. The van der Waals surface area contributed by atoms with Crippen molar-refractivity contribution in [3.8, 4) is 11.5 Å². The van der Waals surface area contributed by atoms with Crippen LogP contribution in [0.1, 0.15) is 40.4 Å². The Morgan fingerprint density at radius 3 is 2.97 bits per heavy atom. The zero-order chi connectivity index (χ0) is 23.4. The summed E-state index contributed by atoms with van der Waals surface area (Å²) in [5.41, 5.74) is 2.21. The quantitative estimate of drug-likeness (QED) is 0.429. The molecule has 5 aromatic heterocycles. The van der Waals surface area contributed by atoms with Gasteiger partial charge in [-0.25, -0.2) is 18.6 Å². The largest absolute Gasteiger partial charge is 0.412 e. The number of hydrogen-bond acceptors (Lipinski definition) is 7. The van der Waals surface area contributed by atoms with E-state index in [0.717, 1.165) is 18.1 Å². The Bertz CT molecular complexity index is 1520. The molecule has 34 heavy (non-hydrogen) atoms. The van der Waals surface area contributed by atoms with E-state index in [0.29, 0.717) is 22.5 Å². The summed E-state index contributed by atoms with van der Waals surface area (Å²) in [7, 11) is 0. The molecule has 0 fully saturated rings. The monoisotopic (exact) mass is 469 g/mol. The molecule has 0 saturated carbocycles. The molecular weight excluding hydrogens is 455 g/mol. The third-order valence-electron chi connectivity index (χ3n) is 5.59. The molecule has 0 aliphatic carbocycles. The number of hydrogen-bond donors (Lipinski definition) is 1. The molecule has 1 amide bonds. The maximum absolute atomic E-state index is 14.3. The van der Waals surface area contributed by atoms with E-state index in [1.807, 2.05) is 0 Å². The zero-order valence-electron chi connectivity index (χ0n) is 17.1. The minimum atomic E-state index is -2.83. The molecule has 172 valence electrons. The summed E-state index contributed by atoms with van der Waals surface area (Å²) in [5, 5.41) is 15.6. The Kier molecular flexibility index (Phi) is 4.46. The summed E-state index contributed by atoms with van der Waals surface area (Å²) in [4.78, 5) is 22.3. The molecule has 0 bridgehead atoms. The molecule has 6 heterocycles. The summed E-state index contributed by atoms with van der Waals surface area (Å²) in [6.45, 7) is -2.55. The first-order chi connectivity index (χ1) is 16.5. The molecule has 1 aliphatic rings. The van der Waals surface area contributed by atoms with E-state index in [1.165, 1.54) is 27.9 Å². The Morgan fingerprint density at radius 2 is 2.18 bits per heavy atom. The smallest absolute Gasteiger partial charge is 0.333 e. The summed E-state index contributed by atoms with van der Waals surface area (Å²) in [6.07, 6.45) is 5.79. The predicted molar refractivity (Wildman–Crippen MR) is 107 cm³/mol. The molecule has 6 rings (SSSR count). The highest BCUT2D eigenvalue weighted by Gasteiger charge is 2.38. The van der Waals surface area contributed by atoms with Crippen LogP contribution in [0.4, 0.5) is 13.2 Å². The van der Waals surface area contributed by atoms with Gasteiger partial charge in [0.05, 0.1) is 29.5 Å². The normalized spacial score (nSPS) is 15.9. The lowest BCUT2D eigenvalue weighted by Crippen LogP contribution is -2.41. The van der Waals surface area contributed by atoms with Crippen molar-refractivity contribution in [1.82, 2.24) is 44.5 Å². The summed E-state index contributed by atoms with van der Waals surface area (Å²) in [5.74, 6) is -1.52. The van der Waals surface area contributed by atoms with Crippen molar-refractivity contribution in [1.29, 1.82) is 0 Å². The molecule has 5 aromatic rings. The minimum Gasteiger partial charge on any atom is -0.412 e. The van der Waals surface area contributed by atoms with E-state index in [9.17, 15) is 18.0 Å². The Labute approximate surface area is 187 Å². The van der Waals surface area contributed by atoms with E-state index in [4.69, 9.17) is 4.42 Å². The molecule has 0 unspecified atom stereocenters. The number of pyridine rings is 1.